The number of amides is 2. The van der Waals surface area contributed by atoms with E-state index in [2.05, 4.69) is 35.0 Å². The lowest BCUT2D eigenvalue weighted by Gasteiger charge is -2.42. The monoisotopic (exact) mass is 409 g/mol. The molecule has 4 rings (SSSR count). The number of imide groups is 1. The molecular formula is C24H31N3O3. The fourth-order valence-electron chi connectivity index (χ4n) is 5.26. The number of benzene rings is 1. The molecule has 0 radical (unpaired) electrons. The maximum absolute atomic E-state index is 12.7. The summed E-state index contributed by atoms with van der Waals surface area (Å²) < 4.78 is 5.52. The van der Waals surface area contributed by atoms with Crippen LogP contribution in [0.3, 0.4) is 0 Å². The van der Waals surface area contributed by atoms with Gasteiger partial charge in [0, 0.05) is 32.7 Å². The first kappa shape index (κ1) is 20.7. The Hall–Kier alpha value is -2.60. The maximum atomic E-state index is 12.7. The molecular weight excluding hydrogens is 378 g/mol. The standard InChI is InChI=1S/C24H31N3O3/c1-23(2,16-24-11-7-6-8-18(24)21(28)25-22(24)29)17-26-12-14-27(15-13-26)19-9-4-5-10-20(19)30-3/h4-11,18H,12-17H2,1-3H3,(H,25,28,29). The van der Waals surface area contributed by atoms with Gasteiger partial charge in [-0.2, -0.15) is 0 Å². The number of ether oxygens (including phenoxy) is 1. The van der Waals surface area contributed by atoms with Crippen LogP contribution < -0.4 is 15.0 Å². The second-order valence-electron chi connectivity index (χ2n) is 9.36. The van der Waals surface area contributed by atoms with Crippen LogP contribution in [0, 0.1) is 16.7 Å². The first-order chi connectivity index (χ1) is 14.3. The summed E-state index contributed by atoms with van der Waals surface area (Å²) in [5.41, 5.74) is 0.276. The second kappa shape index (κ2) is 7.91. The maximum Gasteiger partial charge on any atom is 0.237 e. The molecule has 1 aromatic carbocycles. The highest BCUT2D eigenvalue weighted by molar-refractivity contribution is 6.09. The molecule has 2 aliphatic heterocycles. The van der Waals surface area contributed by atoms with E-state index in [9.17, 15) is 9.59 Å². The fraction of sp³-hybridized carbons (Fsp3) is 0.500. The molecule has 2 unspecified atom stereocenters. The first-order valence-electron chi connectivity index (χ1n) is 10.7. The topological polar surface area (TPSA) is 61.9 Å². The average molecular weight is 410 g/mol. The Morgan fingerprint density at radius 1 is 1.13 bits per heavy atom. The van der Waals surface area contributed by atoms with Crippen molar-refractivity contribution < 1.29 is 14.3 Å². The number of piperazine rings is 1. The number of hydrogen-bond acceptors (Lipinski definition) is 5. The van der Waals surface area contributed by atoms with Crippen LogP contribution in [-0.2, 0) is 9.59 Å². The number of rotatable bonds is 6. The van der Waals surface area contributed by atoms with Crippen molar-refractivity contribution in [2.24, 2.45) is 16.7 Å². The third-order valence-corrected chi connectivity index (χ3v) is 6.53. The van der Waals surface area contributed by atoms with Crippen LogP contribution >= 0.6 is 0 Å². The Morgan fingerprint density at radius 2 is 1.87 bits per heavy atom. The van der Waals surface area contributed by atoms with Gasteiger partial charge in [-0.05, 0) is 24.0 Å². The normalized spacial score (nSPS) is 26.6. The van der Waals surface area contributed by atoms with Crippen LogP contribution in [0.25, 0.3) is 0 Å². The Bertz CT molecular complexity index is 883. The minimum Gasteiger partial charge on any atom is -0.495 e. The van der Waals surface area contributed by atoms with Crippen molar-refractivity contribution in [3.8, 4) is 5.75 Å². The van der Waals surface area contributed by atoms with E-state index in [1.807, 2.05) is 42.5 Å². The predicted octanol–water partition coefficient (Wildman–Crippen LogP) is 2.62. The largest absolute Gasteiger partial charge is 0.495 e. The molecule has 2 atom stereocenters. The number of fused-ring (bicyclic) bond motifs is 1. The van der Waals surface area contributed by atoms with Crippen molar-refractivity contribution >= 4 is 17.5 Å². The van der Waals surface area contributed by atoms with E-state index in [4.69, 9.17) is 4.74 Å². The van der Waals surface area contributed by atoms with Crippen LogP contribution in [-0.4, -0.2) is 56.5 Å². The summed E-state index contributed by atoms with van der Waals surface area (Å²) in [5, 5.41) is 2.55. The van der Waals surface area contributed by atoms with E-state index in [0.717, 1.165) is 44.2 Å². The molecule has 1 N–H and O–H groups in total. The van der Waals surface area contributed by atoms with Crippen LogP contribution in [0.2, 0.25) is 0 Å². The molecule has 160 valence electrons. The zero-order chi connectivity index (χ0) is 21.4. The van der Waals surface area contributed by atoms with E-state index >= 15 is 0 Å². The fourth-order valence-corrected chi connectivity index (χ4v) is 5.26. The minimum absolute atomic E-state index is 0.109. The SMILES string of the molecule is COc1ccccc1N1CCN(CC(C)(C)CC23C=CC=CC2C(=O)NC3=O)CC1. The second-order valence-corrected chi connectivity index (χ2v) is 9.36. The number of carbonyl (C=O) groups is 2. The van der Waals surface area contributed by atoms with Gasteiger partial charge in [-0.1, -0.05) is 50.3 Å². The average Bonchev–Trinajstić information content (AvgIpc) is 2.97. The number of anilines is 1. The zero-order valence-corrected chi connectivity index (χ0v) is 18.1. The molecule has 1 aliphatic carbocycles. The lowest BCUT2D eigenvalue weighted by Crippen LogP contribution is -2.50. The Morgan fingerprint density at radius 3 is 2.60 bits per heavy atom. The summed E-state index contributed by atoms with van der Waals surface area (Å²) >= 11 is 0. The van der Waals surface area contributed by atoms with Gasteiger partial charge in [0.05, 0.1) is 24.1 Å². The van der Waals surface area contributed by atoms with Crippen molar-refractivity contribution in [1.29, 1.82) is 0 Å². The van der Waals surface area contributed by atoms with Gasteiger partial charge in [-0.3, -0.25) is 19.8 Å². The van der Waals surface area contributed by atoms with Gasteiger partial charge >= 0.3 is 0 Å². The highest BCUT2D eigenvalue weighted by Crippen LogP contribution is 2.47. The highest BCUT2D eigenvalue weighted by atomic mass is 16.5. The highest BCUT2D eigenvalue weighted by Gasteiger charge is 2.55. The van der Waals surface area contributed by atoms with Crippen LogP contribution in [0.5, 0.6) is 5.75 Å². The molecule has 30 heavy (non-hydrogen) atoms. The van der Waals surface area contributed by atoms with Gasteiger partial charge in [0.25, 0.3) is 0 Å². The molecule has 6 heteroatoms. The molecule has 2 saturated heterocycles. The molecule has 6 nitrogen and oxygen atoms in total. The molecule has 3 aliphatic rings. The number of nitrogens with zero attached hydrogens (tertiary/aromatic N) is 2. The Balaban J connectivity index is 1.40. The summed E-state index contributed by atoms with van der Waals surface area (Å²) in [7, 11) is 1.71. The molecule has 0 spiro atoms. The van der Waals surface area contributed by atoms with Gasteiger partial charge in [0.1, 0.15) is 5.75 Å². The molecule has 0 bridgehead atoms. The van der Waals surface area contributed by atoms with Crippen LogP contribution in [0.15, 0.2) is 48.6 Å². The van der Waals surface area contributed by atoms with Gasteiger partial charge in [0.15, 0.2) is 0 Å². The molecule has 2 fully saturated rings. The van der Waals surface area contributed by atoms with Crippen molar-refractivity contribution in [2.75, 3.05) is 44.7 Å². The number of methoxy groups -OCH3 is 1. The molecule has 2 heterocycles. The lowest BCUT2D eigenvalue weighted by atomic mass is 9.65. The third-order valence-electron chi connectivity index (χ3n) is 6.53. The van der Waals surface area contributed by atoms with Gasteiger partial charge in [-0.15, -0.1) is 0 Å². The zero-order valence-electron chi connectivity index (χ0n) is 18.1. The summed E-state index contributed by atoms with van der Waals surface area (Å²) in [6.45, 7) is 9.08. The number of hydrogen-bond donors (Lipinski definition) is 1. The molecule has 0 saturated carbocycles. The van der Waals surface area contributed by atoms with Gasteiger partial charge < -0.3 is 9.64 Å². The first-order valence-corrected chi connectivity index (χ1v) is 10.7. The Labute approximate surface area is 178 Å². The van der Waals surface area contributed by atoms with Gasteiger partial charge in [0.2, 0.25) is 11.8 Å². The summed E-state index contributed by atoms with van der Waals surface area (Å²) in [6, 6.07) is 8.15. The van der Waals surface area contributed by atoms with E-state index in [1.165, 1.54) is 0 Å². The minimum atomic E-state index is -0.755. The van der Waals surface area contributed by atoms with Crippen LogP contribution in [0.4, 0.5) is 5.69 Å². The van der Waals surface area contributed by atoms with Crippen molar-refractivity contribution in [2.45, 2.75) is 20.3 Å². The van der Waals surface area contributed by atoms with Gasteiger partial charge in [-0.25, -0.2) is 0 Å². The number of allylic oxidation sites excluding steroid dienone is 2. The predicted molar refractivity (Wildman–Crippen MR) is 117 cm³/mol. The van der Waals surface area contributed by atoms with E-state index in [1.54, 1.807) is 7.11 Å². The number of carbonyl (C=O) groups excluding carboxylic acids is 2. The van der Waals surface area contributed by atoms with Crippen LogP contribution in [0.1, 0.15) is 20.3 Å². The van der Waals surface area contributed by atoms with E-state index in [0.29, 0.717) is 6.42 Å². The summed E-state index contributed by atoms with van der Waals surface area (Å²) in [5.74, 6) is 0.177. The Kier molecular flexibility index (Phi) is 5.45. The number of para-hydroxylation sites is 2. The molecule has 2 amide bonds. The quantitative estimate of drug-likeness (QED) is 0.732. The summed E-state index contributed by atoms with van der Waals surface area (Å²) in [6.07, 6.45) is 8.21. The van der Waals surface area contributed by atoms with Crippen molar-refractivity contribution in [3.05, 3.63) is 48.6 Å². The molecule has 1 aromatic rings. The van der Waals surface area contributed by atoms with E-state index in [-0.39, 0.29) is 17.2 Å². The lowest BCUT2D eigenvalue weighted by molar-refractivity contribution is -0.128. The number of nitrogens with one attached hydrogen (secondary N) is 1. The molecule has 0 aromatic heterocycles. The van der Waals surface area contributed by atoms with E-state index < -0.39 is 11.3 Å². The summed E-state index contributed by atoms with van der Waals surface area (Å²) in [4.78, 5) is 29.8. The van der Waals surface area contributed by atoms with Crippen molar-refractivity contribution in [1.82, 2.24) is 10.2 Å². The smallest absolute Gasteiger partial charge is 0.237 e. The van der Waals surface area contributed by atoms with Crippen molar-refractivity contribution in [3.63, 3.8) is 0 Å². The third kappa shape index (κ3) is 3.76.